The maximum atomic E-state index is 12.3. The summed E-state index contributed by atoms with van der Waals surface area (Å²) >= 11 is 0. The summed E-state index contributed by atoms with van der Waals surface area (Å²) in [6.07, 6.45) is 3.98. The lowest BCUT2D eigenvalue weighted by Crippen LogP contribution is -2.39. The molecule has 0 saturated carbocycles. The molecular weight excluding hydrogens is 436 g/mol. The average Bonchev–Trinajstić information content (AvgIpc) is 3.16. The van der Waals surface area contributed by atoms with Crippen molar-refractivity contribution in [2.24, 2.45) is 0 Å². The van der Waals surface area contributed by atoms with E-state index >= 15 is 0 Å². The SMILES string of the molecule is CC(C)(C)OC(=O)Nc1cc(CN2CCC(O[C@H]3CCN(C(=O)OC(C)(C)C)C3)CC2)ccn1. The molecule has 9 nitrogen and oxygen atoms in total. The molecule has 2 saturated heterocycles. The number of carbonyl (C=O) groups is 2. The zero-order chi connectivity index (χ0) is 24.9. The smallest absolute Gasteiger partial charge is 0.413 e. The molecule has 190 valence electrons. The Hall–Kier alpha value is -2.39. The van der Waals surface area contributed by atoms with Gasteiger partial charge in [0.1, 0.15) is 17.0 Å². The number of likely N-dealkylation sites (tertiary alicyclic amines) is 2. The highest BCUT2D eigenvalue weighted by Crippen LogP contribution is 2.23. The number of anilines is 1. The molecule has 0 radical (unpaired) electrons. The monoisotopic (exact) mass is 476 g/mol. The van der Waals surface area contributed by atoms with Gasteiger partial charge in [-0.2, -0.15) is 0 Å². The zero-order valence-electron chi connectivity index (χ0n) is 21.4. The van der Waals surface area contributed by atoms with Gasteiger partial charge in [-0.15, -0.1) is 0 Å². The van der Waals surface area contributed by atoms with Crippen LogP contribution in [0.1, 0.15) is 66.4 Å². The number of amides is 2. The van der Waals surface area contributed by atoms with Crippen molar-refractivity contribution in [3.05, 3.63) is 23.9 Å². The normalized spacial score (nSPS) is 20.3. The van der Waals surface area contributed by atoms with Crippen LogP contribution in [0.4, 0.5) is 15.4 Å². The van der Waals surface area contributed by atoms with Gasteiger partial charge in [-0.05, 0) is 78.5 Å². The van der Waals surface area contributed by atoms with Crippen molar-refractivity contribution in [1.29, 1.82) is 0 Å². The Kier molecular flexibility index (Phi) is 8.41. The molecule has 1 aromatic rings. The van der Waals surface area contributed by atoms with Crippen molar-refractivity contribution in [2.75, 3.05) is 31.5 Å². The molecule has 34 heavy (non-hydrogen) atoms. The Balaban J connectivity index is 1.40. The van der Waals surface area contributed by atoms with E-state index in [9.17, 15) is 9.59 Å². The van der Waals surface area contributed by atoms with Gasteiger partial charge in [0.2, 0.25) is 0 Å². The van der Waals surface area contributed by atoms with Crippen molar-refractivity contribution in [3.8, 4) is 0 Å². The van der Waals surface area contributed by atoms with Gasteiger partial charge in [0.15, 0.2) is 0 Å². The maximum Gasteiger partial charge on any atom is 0.413 e. The first-order chi connectivity index (χ1) is 15.9. The Morgan fingerprint density at radius 1 is 1.00 bits per heavy atom. The fourth-order valence-corrected chi connectivity index (χ4v) is 4.11. The third-order valence-corrected chi connectivity index (χ3v) is 5.58. The van der Waals surface area contributed by atoms with E-state index in [0.717, 1.165) is 44.5 Å². The average molecular weight is 477 g/mol. The third kappa shape index (κ3) is 8.76. The molecule has 0 unspecified atom stereocenters. The fraction of sp³-hybridized carbons (Fsp3) is 0.720. The molecule has 1 N–H and O–H groups in total. The number of hydrogen-bond donors (Lipinski definition) is 1. The molecule has 3 rings (SSSR count). The fourth-order valence-electron chi connectivity index (χ4n) is 4.11. The molecule has 9 heteroatoms. The van der Waals surface area contributed by atoms with E-state index in [4.69, 9.17) is 14.2 Å². The van der Waals surface area contributed by atoms with Gasteiger partial charge in [-0.25, -0.2) is 14.6 Å². The van der Waals surface area contributed by atoms with E-state index in [0.29, 0.717) is 18.9 Å². The van der Waals surface area contributed by atoms with Gasteiger partial charge in [0.25, 0.3) is 0 Å². The van der Waals surface area contributed by atoms with E-state index in [1.807, 2.05) is 53.7 Å². The molecule has 2 fully saturated rings. The molecule has 0 spiro atoms. The number of pyridine rings is 1. The second-order valence-electron chi connectivity index (χ2n) is 11.1. The third-order valence-electron chi connectivity index (χ3n) is 5.58. The summed E-state index contributed by atoms with van der Waals surface area (Å²) in [4.78, 5) is 32.6. The van der Waals surface area contributed by atoms with Gasteiger partial charge in [-0.3, -0.25) is 10.2 Å². The van der Waals surface area contributed by atoms with Crippen molar-refractivity contribution < 1.29 is 23.8 Å². The summed E-state index contributed by atoms with van der Waals surface area (Å²) in [6, 6.07) is 3.85. The molecule has 2 amide bonds. The molecule has 1 atom stereocenters. The number of carbonyl (C=O) groups excluding carboxylic acids is 2. The lowest BCUT2D eigenvalue weighted by molar-refractivity contribution is -0.0397. The number of nitrogens with one attached hydrogen (secondary N) is 1. The predicted octanol–water partition coefficient (Wildman–Crippen LogP) is 4.42. The first-order valence-electron chi connectivity index (χ1n) is 12.2. The van der Waals surface area contributed by atoms with Crippen molar-refractivity contribution in [2.45, 2.75) is 90.8 Å². The van der Waals surface area contributed by atoms with Crippen LogP contribution in [0.25, 0.3) is 0 Å². The minimum atomic E-state index is -0.555. The number of aromatic nitrogens is 1. The second-order valence-corrected chi connectivity index (χ2v) is 11.1. The largest absolute Gasteiger partial charge is 0.444 e. The quantitative estimate of drug-likeness (QED) is 0.672. The Morgan fingerprint density at radius 3 is 2.29 bits per heavy atom. The van der Waals surface area contributed by atoms with E-state index in [1.54, 1.807) is 11.1 Å². The molecule has 2 aliphatic rings. The molecule has 0 bridgehead atoms. The van der Waals surface area contributed by atoms with E-state index < -0.39 is 17.3 Å². The Morgan fingerprint density at radius 2 is 1.65 bits per heavy atom. The van der Waals surface area contributed by atoms with Gasteiger partial charge in [-0.1, -0.05) is 0 Å². The lowest BCUT2D eigenvalue weighted by atomic mass is 10.1. The van der Waals surface area contributed by atoms with Gasteiger partial charge in [0, 0.05) is 32.4 Å². The first kappa shape index (κ1) is 26.2. The standard InChI is InChI=1S/C25H40N4O5/c1-24(2,3)33-22(30)27-21-15-18(7-11-26-21)16-28-12-8-19(9-13-28)32-20-10-14-29(17-20)23(31)34-25(4,5)6/h7,11,15,19-20H,8-10,12-14,16-17H2,1-6H3,(H,26,27,30)/t20-/m0/s1. The maximum absolute atomic E-state index is 12.3. The highest BCUT2D eigenvalue weighted by molar-refractivity contribution is 5.83. The van der Waals surface area contributed by atoms with Gasteiger partial charge < -0.3 is 19.1 Å². The molecule has 2 aliphatic heterocycles. The summed E-state index contributed by atoms with van der Waals surface area (Å²) < 4.78 is 17.1. The summed E-state index contributed by atoms with van der Waals surface area (Å²) in [7, 11) is 0. The lowest BCUT2D eigenvalue weighted by Gasteiger charge is -2.33. The van der Waals surface area contributed by atoms with Crippen LogP contribution in [0, 0.1) is 0 Å². The highest BCUT2D eigenvalue weighted by Gasteiger charge is 2.32. The van der Waals surface area contributed by atoms with Crippen molar-refractivity contribution in [3.63, 3.8) is 0 Å². The Bertz CT molecular complexity index is 840. The molecule has 0 aliphatic carbocycles. The van der Waals surface area contributed by atoms with Crippen LogP contribution < -0.4 is 5.32 Å². The van der Waals surface area contributed by atoms with Gasteiger partial charge >= 0.3 is 12.2 Å². The summed E-state index contributed by atoms with van der Waals surface area (Å²) in [6.45, 7) is 15.1. The van der Waals surface area contributed by atoms with Gasteiger partial charge in [0.05, 0.1) is 18.8 Å². The molecule has 1 aromatic heterocycles. The summed E-state index contributed by atoms with van der Waals surface area (Å²) in [5.74, 6) is 0.487. The van der Waals surface area contributed by atoms with Crippen LogP contribution in [0.3, 0.4) is 0 Å². The topological polar surface area (TPSA) is 93.2 Å². The van der Waals surface area contributed by atoms with Crippen LogP contribution in [0.2, 0.25) is 0 Å². The van der Waals surface area contributed by atoms with Crippen LogP contribution >= 0.6 is 0 Å². The number of piperidine rings is 1. The second kappa shape index (κ2) is 10.9. The van der Waals surface area contributed by atoms with E-state index in [1.165, 1.54) is 0 Å². The van der Waals surface area contributed by atoms with E-state index in [2.05, 4.69) is 15.2 Å². The number of rotatable bonds is 5. The summed E-state index contributed by atoms with van der Waals surface area (Å²) in [5.41, 5.74) is 0.0504. The van der Waals surface area contributed by atoms with Crippen LogP contribution in [0.5, 0.6) is 0 Å². The zero-order valence-corrected chi connectivity index (χ0v) is 21.4. The molecule has 3 heterocycles. The van der Waals surface area contributed by atoms with E-state index in [-0.39, 0.29) is 18.3 Å². The first-order valence-corrected chi connectivity index (χ1v) is 12.2. The highest BCUT2D eigenvalue weighted by atomic mass is 16.6. The molecular formula is C25H40N4O5. The van der Waals surface area contributed by atoms with Crippen LogP contribution in [-0.4, -0.2) is 76.6 Å². The minimum Gasteiger partial charge on any atom is -0.444 e. The van der Waals surface area contributed by atoms with Crippen molar-refractivity contribution >= 4 is 18.0 Å². The Labute approximate surface area is 203 Å². The number of hydrogen-bond acceptors (Lipinski definition) is 7. The van der Waals surface area contributed by atoms with Crippen LogP contribution in [0.15, 0.2) is 18.3 Å². The number of nitrogens with zero attached hydrogens (tertiary/aromatic N) is 3. The van der Waals surface area contributed by atoms with Crippen molar-refractivity contribution in [1.82, 2.24) is 14.8 Å². The summed E-state index contributed by atoms with van der Waals surface area (Å²) in [5, 5.41) is 2.70. The predicted molar refractivity (Wildman–Crippen MR) is 130 cm³/mol. The molecule has 0 aromatic carbocycles. The number of ether oxygens (including phenoxy) is 3. The minimum absolute atomic E-state index is 0.0748. The van der Waals surface area contributed by atoms with Crippen LogP contribution in [-0.2, 0) is 20.8 Å².